The summed E-state index contributed by atoms with van der Waals surface area (Å²) in [5.41, 5.74) is 3.11. The summed E-state index contributed by atoms with van der Waals surface area (Å²) in [5.74, 6) is 0.880. The summed E-state index contributed by atoms with van der Waals surface area (Å²) in [5, 5.41) is 26.3. The Labute approximate surface area is 181 Å². The van der Waals surface area contributed by atoms with Gasteiger partial charge in [-0.15, -0.1) is 23.2 Å². The van der Waals surface area contributed by atoms with Crippen LogP contribution in [-0.4, -0.2) is 40.9 Å². The third-order valence-corrected chi connectivity index (χ3v) is 4.50. The number of nitro benzene ring substituents is 2. The van der Waals surface area contributed by atoms with E-state index in [4.69, 9.17) is 34.8 Å². The van der Waals surface area contributed by atoms with E-state index in [2.05, 4.69) is 10.5 Å². The van der Waals surface area contributed by atoms with Gasteiger partial charge >= 0.3 is 5.69 Å². The van der Waals surface area contributed by atoms with Crippen LogP contribution >= 0.6 is 34.8 Å². The van der Waals surface area contributed by atoms with E-state index in [-0.39, 0.29) is 11.4 Å². The van der Waals surface area contributed by atoms with Crippen LogP contribution in [0.5, 0.6) is 0 Å². The number of halogens is 3. The smallest absolute Gasteiger partial charge is 0.301 e. The van der Waals surface area contributed by atoms with Crippen molar-refractivity contribution < 1.29 is 9.85 Å². The molecule has 2 aromatic rings. The van der Waals surface area contributed by atoms with Crippen LogP contribution in [0.4, 0.5) is 22.7 Å². The molecule has 154 valence electrons. The van der Waals surface area contributed by atoms with Gasteiger partial charge in [0.25, 0.3) is 5.69 Å². The molecule has 1 N–H and O–H groups in total. The highest BCUT2D eigenvalue weighted by Gasteiger charge is 2.19. The second-order valence-corrected chi connectivity index (χ2v) is 6.82. The van der Waals surface area contributed by atoms with E-state index < -0.39 is 15.5 Å². The molecule has 0 aromatic heterocycles. The van der Waals surface area contributed by atoms with Crippen molar-refractivity contribution in [2.45, 2.75) is 0 Å². The van der Waals surface area contributed by atoms with Crippen LogP contribution < -0.4 is 10.3 Å². The quantitative estimate of drug-likeness (QED) is 0.234. The first-order valence-corrected chi connectivity index (χ1v) is 9.70. The van der Waals surface area contributed by atoms with Crippen molar-refractivity contribution in [2.24, 2.45) is 5.10 Å². The van der Waals surface area contributed by atoms with Crippen LogP contribution in [0.2, 0.25) is 5.02 Å². The summed E-state index contributed by atoms with van der Waals surface area (Å²) >= 11 is 17.9. The number of hydrazone groups is 1. The second kappa shape index (κ2) is 10.8. The van der Waals surface area contributed by atoms with Crippen LogP contribution in [-0.2, 0) is 0 Å². The SMILES string of the molecule is O=[N+]([O-])c1ccc(N/N=C/c2ccc(N(CCCl)CCCl)cc2Cl)c([N+](=O)[O-])c1. The predicted molar refractivity (Wildman–Crippen MR) is 116 cm³/mol. The van der Waals surface area contributed by atoms with E-state index in [0.717, 1.165) is 17.8 Å². The molecule has 0 fully saturated rings. The maximum absolute atomic E-state index is 11.1. The zero-order valence-corrected chi connectivity index (χ0v) is 17.2. The lowest BCUT2D eigenvalue weighted by atomic mass is 10.2. The molecular formula is C17H16Cl3N5O4. The van der Waals surface area contributed by atoms with Crippen LogP contribution in [0.15, 0.2) is 41.5 Å². The van der Waals surface area contributed by atoms with Crippen molar-refractivity contribution in [3.63, 3.8) is 0 Å². The number of rotatable bonds is 10. The van der Waals surface area contributed by atoms with Crippen molar-refractivity contribution in [1.29, 1.82) is 0 Å². The summed E-state index contributed by atoms with van der Waals surface area (Å²) in [6.07, 6.45) is 1.39. The summed E-state index contributed by atoms with van der Waals surface area (Å²) < 4.78 is 0. The van der Waals surface area contributed by atoms with Crippen LogP contribution in [0.1, 0.15) is 5.56 Å². The Morgan fingerprint density at radius 2 is 1.72 bits per heavy atom. The first kappa shape index (κ1) is 22.7. The molecule has 0 aliphatic rings. The van der Waals surface area contributed by atoms with Gasteiger partial charge in [-0.05, 0) is 24.3 Å². The molecule has 9 nitrogen and oxygen atoms in total. The van der Waals surface area contributed by atoms with Gasteiger partial charge in [0, 0.05) is 42.2 Å². The number of anilines is 2. The van der Waals surface area contributed by atoms with Crippen LogP contribution in [0.25, 0.3) is 0 Å². The van der Waals surface area contributed by atoms with E-state index in [0.29, 0.717) is 35.4 Å². The van der Waals surface area contributed by atoms with Crippen molar-refractivity contribution in [1.82, 2.24) is 0 Å². The minimum Gasteiger partial charge on any atom is -0.369 e. The number of non-ortho nitro benzene ring substituents is 1. The molecule has 0 bridgehead atoms. The Kier molecular flexibility index (Phi) is 8.44. The van der Waals surface area contributed by atoms with Crippen LogP contribution in [0, 0.1) is 20.2 Å². The fourth-order valence-electron chi connectivity index (χ4n) is 2.44. The summed E-state index contributed by atoms with van der Waals surface area (Å²) in [7, 11) is 0. The molecule has 0 aliphatic heterocycles. The molecule has 0 radical (unpaired) electrons. The van der Waals surface area contributed by atoms with Gasteiger partial charge in [-0.1, -0.05) is 11.6 Å². The van der Waals surface area contributed by atoms with Gasteiger partial charge < -0.3 is 4.90 Å². The molecule has 2 aromatic carbocycles. The van der Waals surface area contributed by atoms with E-state index in [9.17, 15) is 20.2 Å². The molecule has 12 heteroatoms. The topological polar surface area (TPSA) is 114 Å². The fourth-order valence-corrected chi connectivity index (χ4v) is 3.07. The molecule has 0 spiro atoms. The highest BCUT2D eigenvalue weighted by molar-refractivity contribution is 6.33. The molecule has 0 saturated heterocycles. The average Bonchev–Trinajstić information content (AvgIpc) is 2.68. The molecule has 0 saturated carbocycles. The number of hydrogen-bond acceptors (Lipinski definition) is 7. The minimum atomic E-state index is -0.727. The molecule has 0 atom stereocenters. The number of nitro groups is 2. The Bertz CT molecular complexity index is 920. The Morgan fingerprint density at radius 1 is 1.03 bits per heavy atom. The van der Waals surface area contributed by atoms with E-state index in [1.807, 2.05) is 11.0 Å². The molecular weight excluding hydrogens is 445 g/mol. The average molecular weight is 461 g/mol. The van der Waals surface area contributed by atoms with E-state index >= 15 is 0 Å². The normalized spacial score (nSPS) is 10.9. The lowest BCUT2D eigenvalue weighted by molar-refractivity contribution is -0.393. The molecule has 0 unspecified atom stereocenters. The van der Waals surface area contributed by atoms with E-state index in [1.165, 1.54) is 12.3 Å². The lowest BCUT2D eigenvalue weighted by Gasteiger charge is -2.23. The van der Waals surface area contributed by atoms with Gasteiger partial charge in [0.05, 0.1) is 27.2 Å². The Hall–Kier alpha value is -2.62. The number of benzene rings is 2. The molecule has 29 heavy (non-hydrogen) atoms. The third-order valence-electron chi connectivity index (χ3n) is 3.84. The highest BCUT2D eigenvalue weighted by atomic mass is 35.5. The maximum atomic E-state index is 11.1. The number of hydrogen-bond donors (Lipinski definition) is 1. The first-order chi connectivity index (χ1) is 13.9. The number of nitrogens with one attached hydrogen (secondary N) is 1. The largest absolute Gasteiger partial charge is 0.369 e. The van der Waals surface area contributed by atoms with Crippen molar-refractivity contribution >= 4 is 63.8 Å². The number of alkyl halides is 2. The molecule has 0 amide bonds. The summed E-state index contributed by atoms with van der Waals surface area (Å²) in [4.78, 5) is 22.5. The number of nitrogens with zero attached hydrogens (tertiary/aromatic N) is 4. The zero-order valence-electron chi connectivity index (χ0n) is 14.9. The summed E-state index contributed by atoms with van der Waals surface area (Å²) in [6.45, 7) is 1.23. The van der Waals surface area contributed by atoms with Crippen molar-refractivity contribution in [3.05, 3.63) is 67.2 Å². The molecule has 0 heterocycles. The van der Waals surface area contributed by atoms with Gasteiger partial charge in [-0.3, -0.25) is 25.7 Å². The minimum absolute atomic E-state index is 0.0139. The van der Waals surface area contributed by atoms with Gasteiger partial charge in [0.1, 0.15) is 5.69 Å². The van der Waals surface area contributed by atoms with Gasteiger partial charge in [-0.25, -0.2) is 0 Å². The van der Waals surface area contributed by atoms with Gasteiger partial charge in [0.15, 0.2) is 0 Å². The molecule has 2 rings (SSSR count). The fraction of sp³-hybridized carbons (Fsp3) is 0.235. The van der Waals surface area contributed by atoms with Gasteiger partial charge in [0.2, 0.25) is 0 Å². The standard InChI is InChI=1S/C17H16Cl3N5O4/c18-5-7-23(8-6-19)13-2-1-12(15(20)9-13)11-21-22-16-4-3-14(24(26)27)10-17(16)25(28)29/h1-4,9-11,22H,5-8H2/b21-11+. The van der Waals surface area contributed by atoms with Crippen molar-refractivity contribution in [2.75, 3.05) is 35.2 Å². The predicted octanol–water partition coefficient (Wildman–Crippen LogP) is 4.89. The highest BCUT2D eigenvalue weighted by Crippen LogP contribution is 2.29. The third kappa shape index (κ3) is 6.18. The lowest BCUT2D eigenvalue weighted by Crippen LogP contribution is -2.27. The Balaban J connectivity index is 2.18. The zero-order chi connectivity index (χ0) is 21.4. The van der Waals surface area contributed by atoms with Crippen LogP contribution in [0.3, 0.4) is 0 Å². The van der Waals surface area contributed by atoms with Gasteiger partial charge in [-0.2, -0.15) is 5.10 Å². The first-order valence-electron chi connectivity index (χ1n) is 8.25. The maximum Gasteiger partial charge on any atom is 0.301 e. The summed E-state index contributed by atoms with van der Waals surface area (Å²) in [6, 6.07) is 8.55. The molecule has 0 aliphatic carbocycles. The second-order valence-electron chi connectivity index (χ2n) is 5.66. The Morgan fingerprint density at radius 3 is 2.28 bits per heavy atom. The van der Waals surface area contributed by atoms with Crippen molar-refractivity contribution in [3.8, 4) is 0 Å². The van der Waals surface area contributed by atoms with E-state index in [1.54, 1.807) is 12.1 Å². The monoisotopic (exact) mass is 459 g/mol.